The second-order valence-electron chi connectivity index (χ2n) is 14.2. The average Bonchev–Trinajstić information content (AvgIpc) is 3.17. The van der Waals surface area contributed by atoms with Gasteiger partial charge in [-0.15, -0.1) is 0 Å². The summed E-state index contributed by atoms with van der Waals surface area (Å²) in [5, 5.41) is 0. The van der Waals surface area contributed by atoms with Gasteiger partial charge in [0.25, 0.3) is 0 Å². The largest absolute Gasteiger partial charge is 0.462 e. The topological polar surface area (TPSA) is 61.8 Å². The molecular weight excluding hydrogens is 669 g/mol. The Morgan fingerprint density at radius 1 is 0.426 bits per heavy atom. The highest BCUT2D eigenvalue weighted by molar-refractivity contribution is 5.70. The van der Waals surface area contributed by atoms with Crippen molar-refractivity contribution in [2.45, 2.75) is 194 Å². The summed E-state index contributed by atoms with van der Waals surface area (Å²) in [6, 6.07) is 0. The molecule has 0 fully saturated rings. The molecule has 0 saturated carbocycles. The predicted molar refractivity (Wildman–Crippen MR) is 233 cm³/mol. The zero-order chi connectivity index (χ0) is 39.3. The lowest BCUT2D eigenvalue weighted by atomic mass is 10.1. The van der Waals surface area contributed by atoms with Gasteiger partial charge in [0, 0.05) is 19.4 Å². The Morgan fingerprint density at radius 2 is 0.870 bits per heavy atom. The van der Waals surface area contributed by atoms with Gasteiger partial charge in [0.15, 0.2) is 6.10 Å². The molecule has 0 saturated heterocycles. The van der Waals surface area contributed by atoms with E-state index < -0.39 is 6.10 Å². The zero-order valence-electron chi connectivity index (χ0n) is 35.2. The molecule has 0 N–H and O–H groups in total. The summed E-state index contributed by atoms with van der Waals surface area (Å²) in [4.78, 5) is 25.2. The maximum atomic E-state index is 12.7. The van der Waals surface area contributed by atoms with Gasteiger partial charge in [-0.05, 0) is 77.0 Å². The van der Waals surface area contributed by atoms with Crippen molar-refractivity contribution < 1.29 is 23.8 Å². The first-order valence-electron chi connectivity index (χ1n) is 22.1. The van der Waals surface area contributed by atoms with Gasteiger partial charge in [0.2, 0.25) is 0 Å². The minimum absolute atomic E-state index is 0.0452. The van der Waals surface area contributed by atoms with E-state index in [2.05, 4.69) is 99.8 Å². The normalized spacial score (nSPS) is 13.0. The van der Waals surface area contributed by atoms with E-state index in [9.17, 15) is 9.59 Å². The van der Waals surface area contributed by atoms with Gasteiger partial charge < -0.3 is 14.2 Å². The first-order chi connectivity index (χ1) is 26.6. The maximum Gasteiger partial charge on any atom is 0.306 e. The minimum Gasteiger partial charge on any atom is -0.462 e. The molecule has 0 aliphatic rings. The number of hydrogen-bond donors (Lipinski definition) is 0. The highest BCUT2D eigenvalue weighted by Crippen LogP contribution is 2.12. The van der Waals surface area contributed by atoms with E-state index in [0.717, 1.165) is 83.5 Å². The molecule has 1 atom stereocenters. The molecule has 0 aromatic rings. The van der Waals surface area contributed by atoms with Crippen molar-refractivity contribution >= 4 is 11.9 Å². The summed E-state index contributed by atoms with van der Waals surface area (Å²) in [7, 11) is 0. The molecule has 5 nitrogen and oxygen atoms in total. The van der Waals surface area contributed by atoms with E-state index >= 15 is 0 Å². The van der Waals surface area contributed by atoms with Crippen LogP contribution in [0.2, 0.25) is 0 Å². The number of hydrogen-bond acceptors (Lipinski definition) is 5. The third kappa shape index (κ3) is 41.8. The summed E-state index contributed by atoms with van der Waals surface area (Å²) in [5.74, 6) is -0.515. The minimum atomic E-state index is -0.580. The third-order valence-corrected chi connectivity index (χ3v) is 8.94. The Labute approximate surface area is 333 Å². The van der Waals surface area contributed by atoms with Gasteiger partial charge in [0.1, 0.15) is 6.61 Å². The smallest absolute Gasteiger partial charge is 0.306 e. The first-order valence-corrected chi connectivity index (χ1v) is 22.1. The monoisotopic (exact) mass is 751 g/mol. The Morgan fingerprint density at radius 3 is 1.41 bits per heavy atom. The molecule has 0 radical (unpaired) electrons. The molecule has 0 spiro atoms. The SMILES string of the molecule is CC/C=C\C/C=C\C/C=C\C/C=C\CCC(=O)OC(COCCCCCCCCCCCC)COC(=O)CCCCCCC/C=C\C/C=C\C/C=C\CC. The quantitative estimate of drug-likeness (QED) is 0.0356. The molecule has 54 heavy (non-hydrogen) atoms. The lowest BCUT2D eigenvalue weighted by molar-refractivity contribution is -0.162. The average molecular weight is 751 g/mol. The number of allylic oxidation sites excluding steroid dienone is 14. The van der Waals surface area contributed by atoms with E-state index in [-0.39, 0.29) is 25.2 Å². The number of carbonyl (C=O) groups is 2. The Bertz CT molecular complexity index is 1030. The van der Waals surface area contributed by atoms with Crippen molar-refractivity contribution in [2.75, 3.05) is 19.8 Å². The summed E-state index contributed by atoms with van der Waals surface area (Å²) < 4.78 is 17.2. The molecule has 0 aliphatic heterocycles. The van der Waals surface area contributed by atoms with Crippen LogP contribution in [-0.2, 0) is 23.8 Å². The molecule has 0 aromatic carbocycles. The van der Waals surface area contributed by atoms with Crippen molar-refractivity contribution in [3.63, 3.8) is 0 Å². The van der Waals surface area contributed by atoms with Crippen LogP contribution in [0.3, 0.4) is 0 Å². The van der Waals surface area contributed by atoms with Gasteiger partial charge in [-0.3, -0.25) is 9.59 Å². The van der Waals surface area contributed by atoms with Crippen molar-refractivity contribution in [1.82, 2.24) is 0 Å². The van der Waals surface area contributed by atoms with Gasteiger partial charge in [0.05, 0.1) is 6.61 Å². The maximum absolute atomic E-state index is 12.7. The molecule has 0 rings (SSSR count). The molecule has 5 heteroatoms. The number of unbranched alkanes of at least 4 members (excludes halogenated alkanes) is 14. The van der Waals surface area contributed by atoms with Crippen LogP contribution in [0.4, 0.5) is 0 Å². The third-order valence-electron chi connectivity index (χ3n) is 8.94. The molecule has 308 valence electrons. The van der Waals surface area contributed by atoms with Crippen LogP contribution in [0.25, 0.3) is 0 Å². The van der Waals surface area contributed by atoms with Crippen LogP contribution in [0, 0.1) is 0 Å². The van der Waals surface area contributed by atoms with Crippen LogP contribution in [0.5, 0.6) is 0 Å². The predicted octanol–water partition coefficient (Wildman–Crippen LogP) is 14.6. The fourth-order valence-corrected chi connectivity index (χ4v) is 5.71. The Hall–Kier alpha value is -2.92. The van der Waals surface area contributed by atoms with Crippen molar-refractivity contribution in [1.29, 1.82) is 0 Å². The second kappa shape index (κ2) is 44.5. The van der Waals surface area contributed by atoms with Crippen LogP contribution in [0.15, 0.2) is 85.1 Å². The van der Waals surface area contributed by atoms with Crippen LogP contribution in [-0.4, -0.2) is 37.9 Å². The number of ether oxygens (including phenoxy) is 3. The van der Waals surface area contributed by atoms with Crippen LogP contribution >= 0.6 is 0 Å². The lowest BCUT2D eigenvalue weighted by Gasteiger charge is -2.18. The fourth-order valence-electron chi connectivity index (χ4n) is 5.71. The Balaban J connectivity index is 4.38. The second-order valence-corrected chi connectivity index (χ2v) is 14.2. The molecule has 0 aliphatic carbocycles. The molecular formula is C49H82O5. The molecule has 0 heterocycles. The highest BCUT2D eigenvalue weighted by atomic mass is 16.6. The highest BCUT2D eigenvalue weighted by Gasteiger charge is 2.17. The molecule has 0 aromatic heterocycles. The van der Waals surface area contributed by atoms with E-state index in [4.69, 9.17) is 14.2 Å². The van der Waals surface area contributed by atoms with Crippen molar-refractivity contribution in [3.05, 3.63) is 85.1 Å². The standard InChI is InChI=1S/C49H82O5/c1-4-7-10-13-16-19-22-24-25-27-28-30-33-36-39-42-48(50)53-46-47(45-52-44-41-38-35-32-21-18-15-12-9-6-3)54-49(51)43-40-37-34-31-29-26-23-20-17-14-11-8-5-2/h7-8,10-11,16-17,19-20,24-26,29,34,37,47H,4-6,9,12-15,18,21-23,27-28,30-33,35-36,38-46H2,1-3H3/b10-7-,11-8-,19-16-,20-17-,25-24-,29-26-,37-34-. The number of carbonyl (C=O) groups excluding carboxylic acids is 2. The van der Waals surface area contributed by atoms with E-state index in [1.54, 1.807) is 0 Å². The molecule has 1 unspecified atom stereocenters. The van der Waals surface area contributed by atoms with Gasteiger partial charge in [-0.1, -0.05) is 183 Å². The number of esters is 2. The van der Waals surface area contributed by atoms with E-state index in [0.29, 0.717) is 25.9 Å². The van der Waals surface area contributed by atoms with Gasteiger partial charge in [-0.2, -0.15) is 0 Å². The van der Waals surface area contributed by atoms with E-state index in [1.807, 2.05) is 6.08 Å². The molecule has 0 amide bonds. The summed E-state index contributed by atoms with van der Waals surface area (Å²) in [6.07, 6.45) is 57.3. The summed E-state index contributed by atoms with van der Waals surface area (Å²) >= 11 is 0. The van der Waals surface area contributed by atoms with Gasteiger partial charge in [-0.25, -0.2) is 0 Å². The lowest BCUT2D eigenvalue weighted by Crippen LogP contribution is -2.30. The zero-order valence-corrected chi connectivity index (χ0v) is 35.2. The van der Waals surface area contributed by atoms with Gasteiger partial charge >= 0.3 is 11.9 Å². The summed E-state index contributed by atoms with van der Waals surface area (Å²) in [6.45, 7) is 7.48. The molecule has 0 bridgehead atoms. The first kappa shape index (κ1) is 51.1. The van der Waals surface area contributed by atoms with Crippen molar-refractivity contribution in [2.24, 2.45) is 0 Å². The van der Waals surface area contributed by atoms with E-state index in [1.165, 1.54) is 64.2 Å². The van der Waals surface area contributed by atoms with Crippen LogP contribution in [0.1, 0.15) is 188 Å². The van der Waals surface area contributed by atoms with Crippen LogP contribution < -0.4 is 0 Å². The Kier molecular flexibility index (Phi) is 42.1. The summed E-state index contributed by atoms with van der Waals surface area (Å²) in [5.41, 5.74) is 0. The number of rotatable bonds is 39. The van der Waals surface area contributed by atoms with Crippen molar-refractivity contribution in [3.8, 4) is 0 Å². The fraction of sp³-hybridized carbons (Fsp3) is 0.673.